The topological polar surface area (TPSA) is 102 Å². The lowest BCUT2D eigenvalue weighted by Crippen LogP contribution is -2.49. The molecular formula is C21H25N7O3. The second kappa shape index (κ2) is 8.68. The van der Waals surface area contributed by atoms with Crippen LogP contribution < -0.4 is 0 Å². The van der Waals surface area contributed by atoms with Crippen LogP contribution in [0.3, 0.4) is 0 Å². The minimum absolute atomic E-state index is 0.00982. The second-order valence-corrected chi connectivity index (χ2v) is 7.68. The van der Waals surface area contributed by atoms with Crippen molar-refractivity contribution in [3.8, 4) is 5.69 Å². The minimum Gasteiger partial charge on any atom is -0.358 e. The van der Waals surface area contributed by atoms with Crippen molar-refractivity contribution in [1.29, 1.82) is 0 Å². The molecule has 1 fully saturated rings. The van der Waals surface area contributed by atoms with E-state index in [1.165, 1.54) is 22.5 Å². The van der Waals surface area contributed by atoms with Gasteiger partial charge in [-0.05, 0) is 30.9 Å². The predicted molar refractivity (Wildman–Crippen MR) is 114 cm³/mol. The predicted octanol–water partition coefficient (Wildman–Crippen LogP) is 1.94. The number of para-hydroxylation sites is 1. The molecule has 1 aliphatic heterocycles. The molecule has 3 aromatic rings. The molecule has 0 saturated carbocycles. The lowest BCUT2D eigenvalue weighted by atomic mass is 10.1. The summed E-state index contributed by atoms with van der Waals surface area (Å²) in [5, 5.41) is 19.3. The van der Waals surface area contributed by atoms with Crippen LogP contribution in [0.2, 0.25) is 0 Å². The number of carbonyl (C=O) groups excluding carboxylic acids is 1. The van der Waals surface area contributed by atoms with Crippen LogP contribution in [0, 0.1) is 24.0 Å². The van der Waals surface area contributed by atoms with Gasteiger partial charge in [0, 0.05) is 44.0 Å². The Hall–Kier alpha value is -3.53. The van der Waals surface area contributed by atoms with Gasteiger partial charge in [-0.25, -0.2) is 4.68 Å². The maximum absolute atomic E-state index is 12.5. The molecule has 0 aliphatic carbocycles. The quantitative estimate of drug-likeness (QED) is 0.443. The first kappa shape index (κ1) is 20.7. The van der Waals surface area contributed by atoms with Gasteiger partial charge in [0.15, 0.2) is 0 Å². The van der Waals surface area contributed by atoms with Gasteiger partial charge in [0.1, 0.15) is 6.54 Å². The summed E-state index contributed by atoms with van der Waals surface area (Å²) in [6.45, 7) is 7.69. The van der Waals surface area contributed by atoms with Gasteiger partial charge in [0.05, 0.1) is 28.7 Å². The van der Waals surface area contributed by atoms with E-state index in [0.29, 0.717) is 13.1 Å². The van der Waals surface area contributed by atoms with Crippen LogP contribution >= 0.6 is 0 Å². The molecule has 0 N–H and O–H groups in total. The third kappa shape index (κ3) is 4.48. The van der Waals surface area contributed by atoms with Crippen LogP contribution in [0.25, 0.3) is 5.69 Å². The van der Waals surface area contributed by atoms with Crippen molar-refractivity contribution < 1.29 is 9.72 Å². The van der Waals surface area contributed by atoms with Crippen LogP contribution in [-0.2, 0) is 17.9 Å². The Kier molecular flexibility index (Phi) is 5.81. The molecule has 0 unspecified atom stereocenters. The van der Waals surface area contributed by atoms with E-state index in [1.807, 2.05) is 41.9 Å². The fraction of sp³-hybridized carbons (Fsp3) is 0.381. The highest BCUT2D eigenvalue weighted by Crippen LogP contribution is 2.20. The SMILES string of the molecule is Cc1nn(-c2ccccc2)c(C)c1CN1CCN(C(=O)Cn2ccc([N+](=O)[O-])n2)CC1. The number of hydrogen-bond acceptors (Lipinski definition) is 6. The highest BCUT2D eigenvalue weighted by molar-refractivity contribution is 5.76. The maximum Gasteiger partial charge on any atom is 0.389 e. The van der Waals surface area contributed by atoms with Crippen molar-refractivity contribution in [2.45, 2.75) is 26.9 Å². The van der Waals surface area contributed by atoms with Gasteiger partial charge >= 0.3 is 5.82 Å². The molecule has 162 valence electrons. The number of benzene rings is 1. The number of nitrogens with zero attached hydrogens (tertiary/aromatic N) is 7. The number of hydrogen-bond donors (Lipinski definition) is 0. The molecule has 2 aromatic heterocycles. The van der Waals surface area contributed by atoms with Gasteiger partial charge < -0.3 is 15.0 Å². The fourth-order valence-electron chi connectivity index (χ4n) is 3.88. The maximum atomic E-state index is 12.5. The van der Waals surface area contributed by atoms with E-state index in [1.54, 1.807) is 4.90 Å². The van der Waals surface area contributed by atoms with E-state index in [-0.39, 0.29) is 18.3 Å². The zero-order chi connectivity index (χ0) is 22.0. The van der Waals surface area contributed by atoms with Crippen molar-refractivity contribution in [3.63, 3.8) is 0 Å². The molecule has 1 aliphatic rings. The van der Waals surface area contributed by atoms with Crippen LogP contribution in [0.4, 0.5) is 5.82 Å². The highest BCUT2D eigenvalue weighted by Gasteiger charge is 2.24. The summed E-state index contributed by atoms with van der Waals surface area (Å²) in [4.78, 5) is 26.8. The zero-order valence-corrected chi connectivity index (χ0v) is 17.6. The molecule has 1 saturated heterocycles. The third-order valence-corrected chi connectivity index (χ3v) is 5.66. The number of piperazine rings is 1. The van der Waals surface area contributed by atoms with Crippen LogP contribution in [0.1, 0.15) is 17.0 Å². The minimum atomic E-state index is -0.566. The second-order valence-electron chi connectivity index (χ2n) is 7.68. The molecule has 0 spiro atoms. The molecule has 0 atom stereocenters. The molecular weight excluding hydrogens is 398 g/mol. The number of aryl methyl sites for hydroxylation is 1. The smallest absolute Gasteiger partial charge is 0.358 e. The number of rotatable bonds is 6. The van der Waals surface area contributed by atoms with Gasteiger partial charge in [0.2, 0.25) is 5.91 Å². The first-order chi connectivity index (χ1) is 14.9. The molecule has 31 heavy (non-hydrogen) atoms. The summed E-state index contributed by atoms with van der Waals surface area (Å²) in [5.74, 6) is -0.332. The Morgan fingerprint density at radius 1 is 1.06 bits per heavy atom. The molecule has 1 aromatic carbocycles. The van der Waals surface area contributed by atoms with E-state index in [4.69, 9.17) is 5.10 Å². The molecule has 4 rings (SSSR count). The average molecular weight is 423 g/mol. The Morgan fingerprint density at radius 2 is 1.77 bits per heavy atom. The highest BCUT2D eigenvalue weighted by atomic mass is 16.6. The monoisotopic (exact) mass is 423 g/mol. The van der Waals surface area contributed by atoms with Crippen molar-refractivity contribution in [2.24, 2.45) is 0 Å². The van der Waals surface area contributed by atoms with Crippen LogP contribution in [-0.4, -0.2) is 66.4 Å². The Bertz CT molecular complexity index is 1080. The largest absolute Gasteiger partial charge is 0.389 e. The van der Waals surface area contributed by atoms with Gasteiger partial charge in [-0.2, -0.15) is 9.78 Å². The average Bonchev–Trinajstić information content (AvgIpc) is 3.35. The summed E-state index contributed by atoms with van der Waals surface area (Å²) in [6.07, 6.45) is 1.46. The van der Waals surface area contributed by atoms with Crippen molar-refractivity contribution in [3.05, 3.63) is 69.7 Å². The van der Waals surface area contributed by atoms with E-state index >= 15 is 0 Å². The zero-order valence-electron chi connectivity index (χ0n) is 17.6. The standard InChI is InChI=1S/C21H25N7O3/c1-16-19(17(2)27(22-16)18-6-4-3-5-7-18)14-24-10-12-25(13-11-24)21(29)15-26-9-8-20(23-26)28(30)31/h3-9H,10-15H2,1-2H3. The lowest BCUT2D eigenvalue weighted by molar-refractivity contribution is -0.389. The summed E-state index contributed by atoms with van der Waals surface area (Å²) >= 11 is 0. The Labute approximate surface area is 179 Å². The molecule has 1 amide bonds. The van der Waals surface area contributed by atoms with Gasteiger partial charge in [0.25, 0.3) is 0 Å². The number of amides is 1. The first-order valence-corrected chi connectivity index (χ1v) is 10.2. The van der Waals surface area contributed by atoms with Gasteiger partial charge in [-0.15, -0.1) is 0 Å². The van der Waals surface area contributed by atoms with E-state index in [2.05, 4.69) is 16.9 Å². The third-order valence-electron chi connectivity index (χ3n) is 5.66. The molecule has 10 heteroatoms. The molecule has 10 nitrogen and oxygen atoms in total. The molecule has 0 radical (unpaired) electrons. The molecule has 0 bridgehead atoms. The first-order valence-electron chi connectivity index (χ1n) is 10.2. The fourth-order valence-corrected chi connectivity index (χ4v) is 3.88. The van der Waals surface area contributed by atoms with E-state index < -0.39 is 4.92 Å². The summed E-state index contributed by atoms with van der Waals surface area (Å²) < 4.78 is 3.30. The Balaban J connectivity index is 1.34. The number of nitro groups is 1. The Morgan fingerprint density at radius 3 is 2.42 bits per heavy atom. The molecule has 3 heterocycles. The van der Waals surface area contributed by atoms with Gasteiger partial charge in [-0.3, -0.25) is 9.69 Å². The normalized spacial score (nSPS) is 14.7. The van der Waals surface area contributed by atoms with E-state index in [9.17, 15) is 14.9 Å². The van der Waals surface area contributed by atoms with Crippen molar-refractivity contribution in [1.82, 2.24) is 29.4 Å². The van der Waals surface area contributed by atoms with Crippen molar-refractivity contribution in [2.75, 3.05) is 26.2 Å². The van der Waals surface area contributed by atoms with Crippen LogP contribution in [0.5, 0.6) is 0 Å². The van der Waals surface area contributed by atoms with Crippen molar-refractivity contribution >= 4 is 11.7 Å². The lowest BCUT2D eigenvalue weighted by Gasteiger charge is -2.34. The summed E-state index contributed by atoms with van der Waals surface area (Å²) in [6, 6.07) is 11.4. The summed E-state index contributed by atoms with van der Waals surface area (Å²) in [7, 11) is 0. The number of aromatic nitrogens is 4. The summed E-state index contributed by atoms with van der Waals surface area (Å²) in [5.41, 5.74) is 4.40. The number of carbonyl (C=O) groups is 1. The van der Waals surface area contributed by atoms with E-state index in [0.717, 1.165) is 36.7 Å². The van der Waals surface area contributed by atoms with Crippen LogP contribution in [0.15, 0.2) is 42.6 Å². The van der Waals surface area contributed by atoms with Gasteiger partial charge in [-0.1, -0.05) is 18.2 Å².